The lowest BCUT2D eigenvalue weighted by Gasteiger charge is -2.39. The SMILES string of the molecule is C=CCN(C(=O)[C@@H]1N([C@@H](CO)CC(C)C)C(=O)[C@H]2[C@H](C(=O)OCC)[C@@H]3CC[C@]12O3)c1ccc(Cl)cc1. The van der Waals surface area contributed by atoms with Gasteiger partial charge in [0, 0.05) is 17.3 Å². The number of rotatable bonds is 10. The van der Waals surface area contributed by atoms with E-state index in [-0.39, 0.29) is 37.5 Å². The normalized spacial score (nSPS) is 29.4. The number of carbonyl (C=O) groups excluding carboxylic acids is 3. The molecule has 1 aromatic rings. The van der Waals surface area contributed by atoms with Gasteiger partial charge in [-0.05, 0) is 56.4 Å². The van der Waals surface area contributed by atoms with Crippen molar-refractivity contribution in [2.24, 2.45) is 17.8 Å². The van der Waals surface area contributed by atoms with Gasteiger partial charge in [0.2, 0.25) is 5.91 Å². The summed E-state index contributed by atoms with van der Waals surface area (Å²) < 4.78 is 11.8. The van der Waals surface area contributed by atoms with Crippen molar-refractivity contribution in [1.29, 1.82) is 0 Å². The average molecular weight is 519 g/mol. The molecule has 9 heteroatoms. The fraction of sp³-hybridized carbons (Fsp3) is 0.593. The van der Waals surface area contributed by atoms with Gasteiger partial charge in [0.1, 0.15) is 11.6 Å². The number of nitrogens with zero attached hydrogens (tertiary/aromatic N) is 2. The van der Waals surface area contributed by atoms with Gasteiger partial charge >= 0.3 is 5.97 Å². The van der Waals surface area contributed by atoms with Crippen LogP contribution in [-0.4, -0.2) is 71.3 Å². The Hall–Kier alpha value is -2.42. The van der Waals surface area contributed by atoms with Crippen molar-refractivity contribution in [3.63, 3.8) is 0 Å². The van der Waals surface area contributed by atoms with Crippen molar-refractivity contribution < 1.29 is 29.0 Å². The number of likely N-dealkylation sites (tertiary alicyclic amines) is 1. The molecule has 1 N–H and O–H groups in total. The zero-order chi connectivity index (χ0) is 26.2. The first-order valence-electron chi connectivity index (χ1n) is 12.6. The van der Waals surface area contributed by atoms with E-state index in [1.165, 1.54) is 4.90 Å². The Morgan fingerprint density at radius 3 is 2.64 bits per heavy atom. The summed E-state index contributed by atoms with van der Waals surface area (Å²) in [5.74, 6) is -2.57. The van der Waals surface area contributed by atoms with Crippen molar-refractivity contribution in [1.82, 2.24) is 4.90 Å². The Labute approximate surface area is 217 Å². The standard InChI is InChI=1S/C27H35ClN2O6/c1-5-13-29(18-9-7-17(28)8-10-18)25(33)23-27-12-11-20(36-27)21(26(34)35-6-2)22(27)24(32)30(23)19(15-31)14-16(3)4/h5,7-10,16,19-23,31H,1,6,11-15H2,2-4H3/t19-,20+,21-,22-,23+,27-/m1/s1. The summed E-state index contributed by atoms with van der Waals surface area (Å²) in [6.07, 6.45) is 2.68. The van der Waals surface area contributed by atoms with E-state index in [0.29, 0.717) is 30.0 Å². The van der Waals surface area contributed by atoms with E-state index in [9.17, 15) is 19.5 Å². The maximum Gasteiger partial charge on any atom is 0.312 e. The second-order valence-electron chi connectivity index (χ2n) is 10.2. The summed E-state index contributed by atoms with van der Waals surface area (Å²) in [6.45, 7) is 9.64. The minimum atomic E-state index is -1.16. The molecule has 2 amide bonds. The molecule has 1 aromatic carbocycles. The number of aliphatic hydroxyl groups is 1. The highest BCUT2D eigenvalue weighted by Crippen LogP contribution is 2.59. The van der Waals surface area contributed by atoms with Crippen LogP contribution in [0.5, 0.6) is 0 Å². The third kappa shape index (κ3) is 4.33. The number of hydrogen-bond donors (Lipinski definition) is 1. The van der Waals surface area contributed by atoms with Crippen molar-refractivity contribution >= 4 is 35.1 Å². The number of carbonyl (C=O) groups is 3. The summed E-state index contributed by atoms with van der Waals surface area (Å²) in [5, 5.41) is 10.9. The third-order valence-electron chi connectivity index (χ3n) is 7.59. The maximum atomic E-state index is 14.4. The van der Waals surface area contributed by atoms with Crippen LogP contribution in [0.1, 0.15) is 40.0 Å². The van der Waals surface area contributed by atoms with E-state index in [0.717, 1.165) is 0 Å². The largest absolute Gasteiger partial charge is 0.466 e. The van der Waals surface area contributed by atoms with E-state index in [2.05, 4.69) is 6.58 Å². The van der Waals surface area contributed by atoms with E-state index < -0.39 is 41.6 Å². The Kier molecular flexibility index (Phi) is 7.78. The van der Waals surface area contributed by atoms with Crippen molar-refractivity contribution in [3.8, 4) is 0 Å². The van der Waals surface area contributed by atoms with Gasteiger partial charge in [-0.3, -0.25) is 14.4 Å². The molecular formula is C27H35ClN2O6. The van der Waals surface area contributed by atoms with Crippen molar-refractivity contribution in [2.75, 3.05) is 24.7 Å². The van der Waals surface area contributed by atoms with Crippen molar-refractivity contribution in [3.05, 3.63) is 41.9 Å². The molecule has 0 radical (unpaired) electrons. The highest BCUT2D eigenvalue weighted by Gasteiger charge is 2.75. The molecule has 0 saturated carbocycles. The molecule has 0 unspecified atom stereocenters. The first-order chi connectivity index (χ1) is 17.2. The summed E-state index contributed by atoms with van der Waals surface area (Å²) in [4.78, 5) is 44.5. The minimum Gasteiger partial charge on any atom is -0.466 e. The molecule has 4 rings (SSSR count). The number of anilines is 1. The molecule has 1 spiro atoms. The second kappa shape index (κ2) is 10.5. The van der Waals surface area contributed by atoms with Gasteiger partial charge in [0.25, 0.3) is 5.91 Å². The van der Waals surface area contributed by atoms with Crippen molar-refractivity contribution in [2.45, 2.75) is 63.8 Å². The van der Waals surface area contributed by atoms with Crippen LogP contribution in [0.2, 0.25) is 5.02 Å². The molecule has 3 aliphatic heterocycles. The maximum absolute atomic E-state index is 14.4. The summed E-state index contributed by atoms with van der Waals surface area (Å²) in [6, 6.07) is 5.29. The lowest BCUT2D eigenvalue weighted by molar-refractivity contribution is -0.155. The molecule has 8 nitrogen and oxygen atoms in total. The monoisotopic (exact) mass is 518 g/mol. The van der Waals surface area contributed by atoms with Crippen LogP contribution in [0.15, 0.2) is 36.9 Å². The highest BCUT2D eigenvalue weighted by molar-refractivity contribution is 6.30. The molecular weight excluding hydrogens is 484 g/mol. The van der Waals surface area contributed by atoms with Gasteiger partial charge in [-0.25, -0.2) is 0 Å². The number of esters is 1. The first-order valence-corrected chi connectivity index (χ1v) is 13.0. The lowest BCUT2D eigenvalue weighted by Crippen LogP contribution is -2.59. The van der Waals surface area contributed by atoms with Crippen LogP contribution in [0.25, 0.3) is 0 Å². The minimum absolute atomic E-state index is 0.169. The number of fused-ring (bicyclic) bond motifs is 1. The Bertz CT molecular complexity index is 1010. The fourth-order valence-electron chi connectivity index (χ4n) is 6.31. The number of amides is 2. The second-order valence-corrected chi connectivity index (χ2v) is 10.7. The fourth-order valence-corrected chi connectivity index (χ4v) is 6.44. The number of hydrogen-bond acceptors (Lipinski definition) is 6. The molecule has 3 fully saturated rings. The van der Waals surface area contributed by atoms with Crippen LogP contribution >= 0.6 is 11.6 Å². The predicted octanol–water partition coefficient (Wildman–Crippen LogP) is 3.20. The molecule has 3 saturated heterocycles. The van der Waals surface area contributed by atoms with Crippen LogP contribution in [0.4, 0.5) is 5.69 Å². The Morgan fingerprint density at radius 1 is 1.36 bits per heavy atom. The zero-order valence-electron chi connectivity index (χ0n) is 21.1. The molecule has 0 aromatic heterocycles. The van der Waals surface area contributed by atoms with Crippen LogP contribution < -0.4 is 4.90 Å². The molecule has 6 atom stereocenters. The van der Waals surface area contributed by atoms with Gasteiger partial charge in [0.15, 0.2) is 0 Å². The highest BCUT2D eigenvalue weighted by atomic mass is 35.5. The lowest BCUT2D eigenvalue weighted by atomic mass is 9.70. The summed E-state index contributed by atoms with van der Waals surface area (Å²) >= 11 is 6.08. The van der Waals surface area contributed by atoms with E-state index >= 15 is 0 Å². The number of benzene rings is 1. The van der Waals surface area contributed by atoms with E-state index in [1.54, 1.807) is 42.2 Å². The molecule has 0 aliphatic carbocycles. The van der Waals surface area contributed by atoms with Crippen LogP contribution in [0, 0.1) is 17.8 Å². The number of halogens is 1. The predicted molar refractivity (Wildman–Crippen MR) is 135 cm³/mol. The topological polar surface area (TPSA) is 96.4 Å². The first kappa shape index (κ1) is 26.6. The Balaban J connectivity index is 1.81. The number of aliphatic hydroxyl groups excluding tert-OH is 1. The number of ether oxygens (including phenoxy) is 2. The molecule has 196 valence electrons. The van der Waals surface area contributed by atoms with Gasteiger partial charge in [0.05, 0.1) is 37.2 Å². The molecule has 36 heavy (non-hydrogen) atoms. The molecule has 3 heterocycles. The smallest absolute Gasteiger partial charge is 0.312 e. The van der Waals surface area contributed by atoms with Crippen LogP contribution in [0.3, 0.4) is 0 Å². The third-order valence-corrected chi connectivity index (χ3v) is 7.85. The summed E-state index contributed by atoms with van der Waals surface area (Å²) in [5.41, 5.74) is -0.553. The quantitative estimate of drug-likeness (QED) is 0.377. The molecule has 2 bridgehead atoms. The van der Waals surface area contributed by atoms with Crippen LogP contribution in [-0.2, 0) is 23.9 Å². The van der Waals surface area contributed by atoms with Gasteiger partial charge in [-0.15, -0.1) is 6.58 Å². The van der Waals surface area contributed by atoms with E-state index in [4.69, 9.17) is 21.1 Å². The van der Waals surface area contributed by atoms with Gasteiger partial charge in [-0.1, -0.05) is 31.5 Å². The van der Waals surface area contributed by atoms with E-state index in [1.807, 2.05) is 13.8 Å². The van der Waals surface area contributed by atoms with Gasteiger partial charge in [-0.2, -0.15) is 0 Å². The summed E-state index contributed by atoms with van der Waals surface area (Å²) in [7, 11) is 0. The average Bonchev–Trinajstić information content (AvgIpc) is 3.49. The van der Waals surface area contributed by atoms with Gasteiger partial charge < -0.3 is 24.4 Å². The zero-order valence-corrected chi connectivity index (χ0v) is 21.8. The Morgan fingerprint density at radius 2 is 2.06 bits per heavy atom. The molecule has 3 aliphatic rings.